The van der Waals surface area contributed by atoms with Gasteiger partial charge >= 0.3 is 0 Å². The van der Waals surface area contributed by atoms with Gasteiger partial charge in [-0.25, -0.2) is 4.98 Å². The van der Waals surface area contributed by atoms with E-state index in [1.807, 2.05) is 18.2 Å². The Morgan fingerprint density at radius 2 is 1.95 bits per heavy atom. The van der Waals surface area contributed by atoms with Crippen LogP contribution in [-0.2, 0) is 6.54 Å². The van der Waals surface area contributed by atoms with Crippen molar-refractivity contribution < 1.29 is 4.79 Å². The summed E-state index contributed by atoms with van der Waals surface area (Å²) in [6.45, 7) is 0.456. The molecule has 0 unspecified atom stereocenters. The lowest BCUT2D eigenvalue weighted by Crippen LogP contribution is -2.24. The number of anilines is 1. The zero-order valence-electron chi connectivity index (χ0n) is 11.8. The highest BCUT2D eigenvalue weighted by Crippen LogP contribution is 2.24. The molecule has 2 aromatic heterocycles. The number of carbonyl (C=O) groups is 1. The number of carbonyl (C=O) groups excluding carboxylic acids is 1. The molecule has 1 aromatic carbocycles. The summed E-state index contributed by atoms with van der Waals surface area (Å²) < 4.78 is 0. The first kappa shape index (κ1) is 14.3. The number of nitrogen functional groups attached to an aromatic ring is 1. The van der Waals surface area contributed by atoms with Crippen molar-refractivity contribution in [2.75, 3.05) is 5.73 Å². The number of nitrogens with two attached hydrogens (primary N) is 1. The highest BCUT2D eigenvalue weighted by atomic mass is 32.1. The fourth-order valence-corrected chi connectivity index (χ4v) is 2.85. The van der Waals surface area contributed by atoms with Crippen LogP contribution >= 0.6 is 11.3 Å². The molecule has 0 saturated heterocycles. The van der Waals surface area contributed by atoms with Crippen molar-refractivity contribution in [3.8, 4) is 10.4 Å². The maximum absolute atomic E-state index is 12.1. The maximum atomic E-state index is 12.1. The van der Waals surface area contributed by atoms with Crippen LogP contribution in [0, 0.1) is 0 Å². The van der Waals surface area contributed by atoms with Crippen LogP contribution in [0.3, 0.4) is 0 Å². The van der Waals surface area contributed by atoms with Crippen LogP contribution in [0.25, 0.3) is 10.4 Å². The van der Waals surface area contributed by atoms with Crippen molar-refractivity contribution in [3.05, 3.63) is 71.2 Å². The van der Waals surface area contributed by atoms with Gasteiger partial charge in [0.15, 0.2) is 0 Å². The van der Waals surface area contributed by atoms with E-state index in [1.165, 1.54) is 10.4 Å². The summed E-state index contributed by atoms with van der Waals surface area (Å²) >= 11 is 1.71. The fourth-order valence-electron chi connectivity index (χ4n) is 2.12. The topological polar surface area (TPSA) is 68.0 Å². The molecule has 1 amide bonds. The van der Waals surface area contributed by atoms with Crippen LogP contribution in [0.4, 0.5) is 5.82 Å². The van der Waals surface area contributed by atoms with E-state index >= 15 is 0 Å². The number of rotatable bonds is 4. The number of pyridine rings is 1. The second kappa shape index (κ2) is 6.41. The highest BCUT2D eigenvalue weighted by Gasteiger charge is 2.09. The summed E-state index contributed by atoms with van der Waals surface area (Å²) in [4.78, 5) is 17.2. The van der Waals surface area contributed by atoms with Gasteiger partial charge < -0.3 is 11.1 Å². The number of amides is 1. The van der Waals surface area contributed by atoms with Crippen LogP contribution in [0.1, 0.15) is 15.9 Å². The molecule has 3 aromatic rings. The molecule has 0 bridgehead atoms. The zero-order chi connectivity index (χ0) is 15.4. The number of nitrogens with zero attached hydrogens (tertiary/aromatic N) is 1. The van der Waals surface area contributed by atoms with Crippen molar-refractivity contribution in [2.45, 2.75) is 6.54 Å². The van der Waals surface area contributed by atoms with Gasteiger partial charge in [-0.1, -0.05) is 30.3 Å². The Balaban J connectivity index is 1.64. The molecule has 0 aliphatic rings. The molecule has 22 heavy (non-hydrogen) atoms. The van der Waals surface area contributed by atoms with Gasteiger partial charge in [-0.2, -0.15) is 0 Å². The molecule has 3 rings (SSSR count). The molecule has 0 atom stereocenters. The second-order valence-electron chi connectivity index (χ2n) is 4.79. The summed E-state index contributed by atoms with van der Waals surface area (Å²) in [6, 6.07) is 15.6. The van der Waals surface area contributed by atoms with E-state index in [1.54, 1.807) is 29.7 Å². The number of hydrogen-bond acceptors (Lipinski definition) is 4. The molecule has 0 saturated carbocycles. The number of nitrogens with one attached hydrogen (secondary N) is 1. The van der Waals surface area contributed by atoms with Gasteiger partial charge in [0.1, 0.15) is 5.82 Å². The molecule has 0 aliphatic heterocycles. The van der Waals surface area contributed by atoms with Gasteiger partial charge in [0.05, 0.1) is 5.56 Å². The van der Waals surface area contributed by atoms with Crippen LogP contribution in [0.2, 0.25) is 0 Å². The third-order valence-electron chi connectivity index (χ3n) is 3.30. The summed E-state index contributed by atoms with van der Waals surface area (Å²) in [6.07, 6.45) is 1.56. The van der Waals surface area contributed by atoms with E-state index in [9.17, 15) is 4.79 Å². The number of thiophene rings is 1. The number of hydrogen-bond donors (Lipinski definition) is 2. The monoisotopic (exact) mass is 309 g/mol. The van der Waals surface area contributed by atoms with E-state index in [4.69, 9.17) is 5.73 Å². The molecule has 0 radical (unpaired) electrons. The Morgan fingerprint density at radius 3 is 2.64 bits per heavy atom. The fraction of sp³-hybridized carbons (Fsp3) is 0.0588. The first-order valence-corrected chi connectivity index (χ1v) is 7.73. The largest absolute Gasteiger partial charge is 0.383 e. The Hall–Kier alpha value is -2.66. The summed E-state index contributed by atoms with van der Waals surface area (Å²) in [5.41, 5.74) is 8.31. The van der Waals surface area contributed by atoms with Gasteiger partial charge in [0.2, 0.25) is 0 Å². The Bertz CT molecular complexity index is 767. The Kier molecular flexibility index (Phi) is 4.16. The minimum Gasteiger partial charge on any atom is -0.383 e. The van der Waals surface area contributed by atoms with E-state index in [0.29, 0.717) is 12.1 Å². The molecule has 0 spiro atoms. The van der Waals surface area contributed by atoms with Crippen molar-refractivity contribution >= 4 is 23.1 Å². The minimum atomic E-state index is -0.215. The van der Waals surface area contributed by atoms with Crippen molar-refractivity contribution in [1.82, 2.24) is 10.3 Å². The van der Waals surface area contributed by atoms with Gasteiger partial charge in [-0.05, 0) is 34.7 Å². The van der Waals surface area contributed by atoms with Gasteiger partial charge in [0, 0.05) is 17.6 Å². The van der Waals surface area contributed by atoms with Gasteiger partial charge in [0.25, 0.3) is 5.91 Å². The summed E-state index contributed by atoms with van der Waals surface area (Å²) in [7, 11) is 0. The lowest BCUT2D eigenvalue weighted by atomic mass is 10.1. The standard InChI is InChI=1S/C17H15N3OS/c18-16-14(3-1-9-19-16)17(21)20-11-12-5-7-13(8-6-12)15-4-2-10-22-15/h1-10H,11H2,(H2,18,19)(H,20,21). The molecule has 0 aliphatic carbocycles. The smallest absolute Gasteiger partial charge is 0.255 e. The maximum Gasteiger partial charge on any atom is 0.255 e. The molecule has 110 valence electrons. The predicted octanol–water partition coefficient (Wildman–Crippen LogP) is 3.32. The van der Waals surface area contributed by atoms with Crippen LogP contribution in [0.5, 0.6) is 0 Å². The van der Waals surface area contributed by atoms with Crippen LogP contribution in [-0.4, -0.2) is 10.9 Å². The molecule has 5 heteroatoms. The van der Waals surface area contributed by atoms with E-state index in [0.717, 1.165) is 5.56 Å². The van der Waals surface area contributed by atoms with E-state index < -0.39 is 0 Å². The SMILES string of the molecule is Nc1ncccc1C(=O)NCc1ccc(-c2cccs2)cc1. The summed E-state index contributed by atoms with van der Waals surface area (Å²) in [5.74, 6) is 0.0287. The third-order valence-corrected chi connectivity index (χ3v) is 4.21. The van der Waals surface area contributed by atoms with Gasteiger partial charge in [-0.15, -0.1) is 11.3 Å². The highest BCUT2D eigenvalue weighted by molar-refractivity contribution is 7.13. The Morgan fingerprint density at radius 1 is 1.14 bits per heavy atom. The second-order valence-corrected chi connectivity index (χ2v) is 5.74. The van der Waals surface area contributed by atoms with Crippen molar-refractivity contribution in [1.29, 1.82) is 0 Å². The molecule has 4 nitrogen and oxygen atoms in total. The molecular formula is C17H15N3OS. The van der Waals surface area contributed by atoms with Crippen LogP contribution in [0.15, 0.2) is 60.1 Å². The quantitative estimate of drug-likeness (QED) is 0.777. The lowest BCUT2D eigenvalue weighted by molar-refractivity contribution is 0.0951. The average molecular weight is 309 g/mol. The van der Waals surface area contributed by atoms with E-state index in [-0.39, 0.29) is 11.7 Å². The third kappa shape index (κ3) is 3.15. The van der Waals surface area contributed by atoms with Crippen molar-refractivity contribution in [3.63, 3.8) is 0 Å². The lowest BCUT2D eigenvalue weighted by Gasteiger charge is -2.07. The molecule has 0 fully saturated rings. The minimum absolute atomic E-state index is 0.215. The zero-order valence-corrected chi connectivity index (χ0v) is 12.6. The van der Waals surface area contributed by atoms with Crippen molar-refractivity contribution in [2.24, 2.45) is 0 Å². The van der Waals surface area contributed by atoms with Gasteiger partial charge in [-0.3, -0.25) is 4.79 Å². The number of benzene rings is 1. The first-order valence-electron chi connectivity index (χ1n) is 6.85. The first-order chi connectivity index (χ1) is 10.7. The Labute approximate surface area is 132 Å². The van der Waals surface area contributed by atoms with Crippen LogP contribution < -0.4 is 11.1 Å². The summed E-state index contributed by atoms with van der Waals surface area (Å²) in [5, 5.41) is 4.91. The normalized spacial score (nSPS) is 10.4. The molecular weight excluding hydrogens is 294 g/mol. The number of aromatic nitrogens is 1. The predicted molar refractivity (Wildman–Crippen MR) is 89.6 cm³/mol. The average Bonchev–Trinajstić information content (AvgIpc) is 3.08. The van der Waals surface area contributed by atoms with E-state index in [2.05, 4.69) is 33.9 Å². The molecule has 2 heterocycles. The molecule has 3 N–H and O–H groups in total.